The molecule has 0 amide bonds. The average molecular weight is 287 g/mol. The Morgan fingerprint density at radius 3 is 2.62 bits per heavy atom. The molecule has 1 aliphatic rings. The predicted octanol–water partition coefficient (Wildman–Crippen LogP) is 2.41. The average Bonchev–Trinajstić information content (AvgIpc) is 2.15. The largest absolute Gasteiger partial charge is 0.316 e. The summed E-state index contributed by atoms with van der Waals surface area (Å²) in [7, 11) is 4.01. The van der Waals surface area contributed by atoms with Crippen LogP contribution in [0.3, 0.4) is 0 Å². The highest BCUT2D eigenvalue weighted by Crippen LogP contribution is 2.32. The maximum atomic E-state index is 13.8. The van der Waals surface area contributed by atoms with Gasteiger partial charge in [-0.05, 0) is 32.3 Å². The maximum Gasteiger partial charge on any atom is 0.128 e. The summed E-state index contributed by atoms with van der Waals surface area (Å²) in [6.45, 7) is 1.93. The van der Waals surface area contributed by atoms with Crippen molar-refractivity contribution < 1.29 is 4.39 Å². The van der Waals surface area contributed by atoms with Gasteiger partial charge < -0.3 is 10.2 Å². The van der Waals surface area contributed by atoms with Gasteiger partial charge in [-0.15, -0.1) is 0 Å². The molecule has 1 saturated heterocycles. The molecule has 1 aliphatic heterocycles. The van der Waals surface area contributed by atoms with Crippen molar-refractivity contribution in [1.29, 1.82) is 0 Å². The second-order valence-electron chi connectivity index (χ2n) is 4.49. The highest BCUT2D eigenvalue weighted by molar-refractivity contribution is 9.10. The smallest absolute Gasteiger partial charge is 0.128 e. The van der Waals surface area contributed by atoms with Gasteiger partial charge in [-0.1, -0.05) is 15.9 Å². The summed E-state index contributed by atoms with van der Waals surface area (Å²) in [5, 5.41) is 3.24. The molecule has 0 aromatic heterocycles. The van der Waals surface area contributed by atoms with Crippen molar-refractivity contribution in [3.05, 3.63) is 34.1 Å². The molecule has 4 heteroatoms. The molecule has 0 aliphatic carbocycles. The molecule has 0 spiro atoms. The Morgan fingerprint density at radius 2 is 2.12 bits per heavy atom. The molecule has 2 nitrogen and oxygen atoms in total. The van der Waals surface area contributed by atoms with E-state index >= 15 is 0 Å². The normalized spacial score (nSPS) is 18.6. The molecule has 0 bridgehead atoms. The SMILES string of the molecule is CN(C)C(c1cc(Br)ccc1F)C1CNC1. The summed E-state index contributed by atoms with van der Waals surface area (Å²) < 4.78 is 14.8. The van der Waals surface area contributed by atoms with E-state index in [1.165, 1.54) is 6.07 Å². The van der Waals surface area contributed by atoms with Crippen LogP contribution in [-0.2, 0) is 0 Å². The van der Waals surface area contributed by atoms with E-state index in [1.807, 2.05) is 20.2 Å². The first-order valence-electron chi connectivity index (χ1n) is 5.41. The first-order chi connectivity index (χ1) is 7.59. The Bertz CT molecular complexity index is 377. The molecule has 1 unspecified atom stereocenters. The van der Waals surface area contributed by atoms with Crippen molar-refractivity contribution in [2.45, 2.75) is 6.04 Å². The van der Waals surface area contributed by atoms with Crippen LogP contribution in [0.15, 0.2) is 22.7 Å². The van der Waals surface area contributed by atoms with E-state index in [2.05, 4.69) is 26.1 Å². The van der Waals surface area contributed by atoms with Gasteiger partial charge in [0.25, 0.3) is 0 Å². The first kappa shape index (κ1) is 12.0. The second-order valence-corrected chi connectivity index (χ2v) is 5.41. The van der Waals surface area contributed by atoms with Crippen molar-refractivity contribution in [1.82, 2.24) is 10.2 Å². The molecule has 1 heterocycles. The molecule has 1 fully saturated rings. The van der Waals surface area contributed by atoms with E-state index < -0.39 is 0 Å². The summed E-state index contributed by atoms with van der Waals surface area (Å²) in [6.07, 6.45) is 0. The lowest BCUT2D eigenvalue weighted by atomic mass is 9.87. The van der Waals surface area contributed by atoms with Crippen molar-refractivity contribution in [2.24, 2.45) is 5.92 Å². The lowest BCUT2D eigenvalue weighted by Crippen LogP contribution is -2.48. The zero-order valence-electron chi connectivity index (χ0n) is 9.50. The topological polar surface area (TPSA) is 15.3 Å². The van der Waals surface area contributed by atoms with Crippen molar-refractivity contribution in [3.8, 4) is 0 Å². The van der Waals surface area contributed by atoms with Crippen LogP contribution in [0.4, 0.5) is 4.39 Å². The Hall–Kier alpha value is -0.450. The number of hydrogen-bond acceptors (Lipinski definition) is 2. The first-order valence-corrected chi connectivity index (χ1v) is 6.21. The number of hydrogen-bond donors (Lipinski definition) is 1. The second kappa shape index (κ2) is 4.82. The molecule has 16 heavy (non-hydrogen) atoms. The van der Waals surface area contributed by atoms with Crippen LogP contribution in [0.2, 0.25) is 0 Å². The van der Waals surface area contributed by atoms with Gasteiger partial charge in [0.1, 0.15) is 5.82 Å². The van der Waals surface area contributed by atoms with Crippen LogP contribution in [-0.4, -0.2) is 32.1 Å². The van der Waals surface area contributed by atoms with E-state index in [9.17, 15) is 4.39 Å². The molecule has 0 saturated carbocycles. The Balaban J connectivity index is 2.33. The van der Waals surface area contributed by atoms with Crippen LogP contribution in [0, 0.1) is 11.7 Å². The quantitative estimate of drug-likeness (QED) is 0.918. The number of rotatable bonds is 3. The van der Waals surface area contributed by atoms with E-state index in [1.54, 1.807) is 6.07 Å². The van der Waals surface area contributed by atoms with Crippen molar-refractivity contribution in [3.63, 3.8) is 0 Å². The van der Waals surface area contributed by atoms with Crippen LogP contribution in [0.1, 0.15) is 11.6 Å². The molecule has 1 aromatic carbocycles. The predicted molar refractivity (Wildman–Crippen MR) is 66.9 cm³/mol. The maximum absolute atomic E-state index is 13.8. The molecule has 88 valence electrons. The fourth-order valence-corrected chi connectivity index (χ4v) is 2.61. The molecule has 1 atom stereocenters. The van der Waals surface area contributed by atoms with Gasteiger partial charge in [-0.3, -0.25) is 0 Å². The zero-order valence-corrected chi connectivity index (χ0v) is 11.1. The van der Waals surface area contributed by atoms with E-state index in [-0.39, 0.29) is 11.9 Å². The molecular formula is C12H16BrFN2. The molecule has 0 radical (unpaired) electrons. The van der Waals surface area contributed by atoms with Gasteiger partial charge >= 0.3 is 0 Å². The third kappa shape index (κ3) is 2.29. The lowest BCUT2D eigenvalue weighted by Gasteiger charge is -2.39. The van der Waals surface area contributed by atoms with Gasteiger partial charge in [-0.25, -0.2) is 4.39 Å². The van der Waals surface area contributed by atoms with Crippen LogP contribution in [0.25, 0.3) is 0 Å². The summed E-state index contributed by atoms with van der Waals surface area (Å²) in [4.78, 5) is 2.09. The zero-order chi connectivity index (χ0) is 11.7. The van der Waals surface area contributed by atoms with E-state index in [0.717, 1.165) is 23.1 Å². The highest BCUT2D eigenvalue weighted by atomic mass is 79.9. The Morgan fingerprint density at radius 1 is 1.44 bits per heavy atom. The van der Waals surface area contributed by atoms with Crippen LogP contribution >= 0.6 is 15.9 Å². The van der Waals surface area contributed by atoms with Gasteiger partial charge in [0.2, 0.25) is 0 Å². The minimum absolute atomic E-state index is 0.117. The van der Waals surface area contributed by atoms with Crippen molar-refractivity contribution in [2.75, 3.05) is 27.2 Å². The van der Waals surface area contributed by atoms with E-state index in [0.29, 0.717) is 5.92 Å². The summed E-state index contributed by atoms with van der Waals surface area (Å²) in [6, 6.07) is 5.31. The Kier molecular flexibility index (Phi) is 3.62. The fraction of sp³-hybridized carbons (Fsp3) is 0.500. The van der Waals surface area contributed by atoms with Crippen LogP contribution < -0.4 is 5.32 Å². The van der Waals surface area contributed by atoms with Gasteiger partial charge in [-0.2, -0.15) is 0 Å². The molecule has 1 aromatic rings. The standard InChI is InChI=1S/C12H16BrFN2/c1-16(2)12(8-6-15-7-8)10-5-9(13)3-4-11(10)14/h3-5,8,12,15H,6-7H2,1-2H3. The molecule has 1 N–H and O–H groups in total. The third-order valence-electron chi connectivity index (χ3n) is 3.09. The molecule has 2 rings (SSSR count). The number of nitrogens with one attached hydrogen (secondary N) is 1. The minimum Gasteiger partial charge on any atom is -0.316 e. The van der Waals surface area contributed by atoms with Gasteiger partial charge in [0.05, 0.1) is 0 Å². The minimum atomic E-state index is -0.117. The highest BCUT2D eigenvalue weighted by Gasteiger charge is 2.31. The number of nitrogens with zero attached hydrogens (tertiary/aromatic N) is 1. The molecular weight excluding hydrogens is 271 g/mol. The fourth-order valence-electron chi connectivity index (χ4n) is 2.23. The van der Waals surface area contributed by atoms with Crippen molar-refractivity contribution >= 4 is 15.9 Å². The number of halogens is 2. The summed E-state index contributed by atoms with van der Waals surface area (Å²) in [5.74, 6) is 0.382. The number of benzene rings is 1. The van der Waals surface area contributed by atoms with E-state index in [4.69, 9.17) is 0 Å². The monoisotopic (exact) mass is 286 g/mol. The third-order valence-corrected chi connectivity index (χ3v) is 3.59. The summed E-state index contributed by atoms with van der Waals surface area (Å²) in [5.41, 5.74) is 0.783. The van der Waals surface area contributed by atoms with Gasteiger partial charge in [0, 0.05) is 35.1 Å². The lowest BCUT2D eigenvalue weighted by molar-refractivity contribution is 0.157. The van der Waals surface area contributed by atoms with Gasteiger partial charge in [0.15, 0.2) is 0 Å². The summed E-state index contributed by atoms with van der Waals surface area (Å²) >= 11 is 3.40. The Labute approximate surface area is 104 Å². The van der Waals surface area contributed by atoms with Crippen LogP contribution in [0.5, 0.6) is 0 Å².